The van der Waals surface area contributed by atoms with Crippen molar-refractivity contribution in [1.82, 2.24) is 20.0 Å². The van der Waals surface area contributed by atoms with Crippen molar-refractivity contribution < 1.29 is 4.79 Å². The molecule has 5 nitrogen and oxygen atoms in total. The fourth-order valence-corrected chi connectivity index (χ4v) is 4.52. The Kier molecular flexibility index (Phi) is 5.73. The number of amides is 1. The maximum Gasteiger partial charge on any atom is 0.275 e. The highest BCUT2D eigenvalue weighted by atomic mass is 79.9. The van der Waals surface area contributed by atoms with Gasteiger partial charge in [0.1, 0.15) is 0 Å². The Bertz CT molecular complexity index is 683. The molecule has 24 heavy (non-hydrogen) atoms. The third kappa shape index (κ3) is 3.90. The van der Waals surface area contributed by atoms with Crippen LogP contribution in [0.3, 0.4) is 0 Å². The Labute approximate surface area is 155 Å². The second-order valence-corrected chi connectivity index (χ2v) is 8.28. The summed E-state index contributed by atoms with van der Waals surface area (Å²) in [6.45, 7) is 8.62. The van der Waals surface area contributed by atoms with Crippen molar-refractivity contribution in [3.63, 3.8) is 0 Å². The number of aromatic amines is 1. The summed E-state index contributed by atoms with van der Waals surface area (Å²) in [5.41, 5.74) is 1.48. The number of halogens is 1. The summed E-state index contributed by atoms with van der Waals surface area (Å²) in [5.74, 6) is 0.321. The minimum atomic E-state index is 0.0167. The van der Waals surface area contributed by atoms with E-state index in [0.29, 0.717) is 11.6 Å². The van der Waals surface area contributed by atoms with E-state index in [1.54, 1.807) is 11.3 Å². The number of rotatable bonds is 4. The number of carbonyl (C=O) groups excluding carboxylic acids is 1. The summed E-state index contributed by atoms with van der Waals surface area (Å²) >= 11 is 5.33. The lowest BCUT2D eigenvalue weighted by Crippen LogP contribution is -2.35. The summed E-state index contributed by atoms with van der Waals surface area (Å²) < 4.78 is 0.808. The SMILES string of the molecule is CC(C)c1[nH]nc(C(=O)N2CCCN(Cc3cccs3)CC2)c1Br. The van der Waals surface area contributed by atoms with Crippen LogP contribution < -0.4 is 0 Å². The molecule has 0 saturated carbocycles. The molecule has 130 valence electrons. The maximum absolute atomic E-state index is 12.8. The molecule has 0 aromatic carbocycles. The van der Waals surface area contributed by atoms with Crippen LogP contribution in [-0.4, -0.2) is 52.1 Å². The van der Waals surface area contributed by atoms with E-state index in [9.17, 15) is 4.79 Å². The monoisotopic (exact) mass is 410 g/mol. The number of aromatic nitrogens is 2. The summed E-state index contributed by atoms with van der Waals surface area (Å²) in [6, 6.07) is 4.27. The van der Waals surface area contributed by atoms with Crippen LogP contribution in [0.1, 0.15) is 47.2 Å². The highest BCUT2D eigenvalue weighted by molar-refractivity contribution is 9.10. The van der Waals surface area contributed by atoms with Gasteiger partial charge in [-0.1, -0.05) is 19.9 Å². The summed E-state index contributed by atoms with van der Waals surface area (Å²) in [7, 11) is 0. The minimum Gasteiger partial charge on any atom is -0.336 e. The maximum atomic E-state index is 12.8. The van der Waals surface area contributed by atoms with Crippen molar-refractivity contribution >= 4 is 33.2 Å². The van der Waals surface area contributed by atoms with Crippen molar-refractivity contribution in [3.05, 3.63) is 38.3 Å². The van der Waals surface area contributed by atoms with E-state index < -0.39 is 0 Å². The van der Waals surface area contributed by atoms with Gasteiger partial charge in [0.05, 0.1) is 10.2 Å². The molecule has 1 fully saturated rings. The van der Waals surface area contributed by atoms with Gasteiger partial charge >= 0.3 is 0 Å². The third-order valence-corrected chi connectivity index (χ3v) is 6.01. The molecule has 1 N–H and O–H groups in total. The second-order valence-electron chi connectivity index (χ2n) is 6.46. The highest BCUT2D eigenvalue weighted by Gasteiger charge is 2.26. The number of nitrogens with one attached hydrogen (secondary N) is 1. The van der Waals surface area contributed by atoms with E-state index in [1.165, 1.54) is 4.88 Å². The average Bonchev–Trinajstić information content (AvgIpc) is 3.12. The number of H-pyrrole nitrogens is 1. The zero-order valence-electron chi connectivity index (χ0n) is 14.1. The first kappa shape index (κ1) is 17.6. The Morgan fingerprint density at radius 3 is 2.88 bits per heavy atom. The summed E-state index contributed by atoms with van der Waals surface area (Å²) in [6.07, 6.45) is 0.996. The van der Waals surface area contributed by atoms with Crippen molar-refractivity contribution in [1.29, 1.82) is 0 Å². The van der Waals surface area contributed by atoms with Gasteiger partial charge in [-0.15, -0.1) is 11.3 Å². The summed E-state index contributed by atoms with van der Waals surface area (Å²) in [5, 5.41) is 9.36. The summed E-state index contributed by atoms with van der Waals surface area (Å²) in [4.78, 5) is 18.6. The third-order valence-electron chi connectivity index (χ3n) is 4.35. The molecule has 3 heterocycles. The number of hydrogen-bond donors (Lipinski definition) is 1. The zero-order chi connectivity index (χ0) is 17.1. The first-order valence-corrected chi connectivity index (χ1v) is 10.0. The standard InChI is InChI=1S/C17H23BrN4OS/c1-12(2)15-14(18)16(20-19-15)17(23)22-7-4-6-21(8-9-22)11-13-5-3-10-24-13/h3,5,10,12H,4,6-9,11H2,1-2H3,(H,19,20). The van der Waals surface area contributed by atoms with E-state index in [4.69, 9.17) is 0 Å². The molecule has 1 aliphatic rings. The molecule has 1 saturated heterocycles. The van der Waals surface area contributed by atoms with Crippen LogP contribution in [0.4, 0.5) is 0 Å². The fraction of sp³-hybridized carbons (Fsp3) is 0.529. The number of thiophene rings is 1. The lowest BCUT2D eigenvalue weighted by Gasteiger charge is -2.21. The van der Waals surface area contributed by atoms with Crippen molar-refractivity contribution in [2.75, 3.05) is 26.2 Å². The molecule has 2 aromatic heterocycles. The van der Waals surface area contributed by atoms with Crippen LogP contribution in [0.25, 0.3) is 0 Å². The van der Waals surface area contributed by atoms with Gasteiger partial charge in [-0.3, -0.25) is 14.8 Å². The molecule has 3 rings (SSSR count). The average molecular weight is 411 g/mol. The molecule has 0 aliphatic carbocycles. The lowest BCUT2D eigenvalue weighted by atomic mass is 10.1. The van der Waals surface area contributed by atoms with E-state index in [0.717, 1.165) is 49.3 Å². The van der Waals surface area contributed by atoms with Crippen molar-refractivity contribution in [2.45, 2.75) is 32.7 Å². The molecule has 0 unspecified atom stereocenters. The lowest BCUT2D eigenvalue weighted by molar-refractivity contribution is 0.0754. The van der Waals surface area contributed by atoms with Gasteiger partial charge in [0.15, 0.2) is 5.69 Å². The van der Waals surface area contributed by atoms with Crippen LogP contribution in [0.2, 0.25) is 0 Å². The Hall–Kier alpha value is -1.18. The van der Waals surface area contributed by atoms with E-state index >= 15 is 0 Å². The van der Waals surface area contributed by atoms with Crippen LogP contribution >= 0.6 is 27.3 Å². The van der Waals surface area contributed by atoms with Gasteiger partial charge in [-0.05, 0) is 39.7 Å². The van der Waals surface area contributed by atoms with Gasteiger partial charge in [-0.25, -0.2) is 0 Å². The van der Waals surface area contributed by atoms with Crippen LogP contribution in [-0.2, 0) is 6.54 Å². The molecule has 0 atom stereocenters. The first-order valence-electron chi connectivity index (χ1n) is 8.34. The number of carbonyl (C=O) groups is 1. The van der Waals surface area contributed by atoms with Gasteiger partial charge in [-0.2, -0.15) is 5.10 Å². The minimum absolute atomic E-state index is 0.0167. The predicted molar refractivity (Wildman–Crippen MR) is 100 cm³/mol. The van der Waals surface area contributed by atoms with Gasteiger partial charge in [0.2, 0.25) is 0 Å². The number of hydrogen-bond acceptors (Lipinski definition) is 4. The van der Waals surface area contributed by atoms with Crippen molar-refractivity contribution in [3.8, 4) is 0 Å². The van der Waals surface area contributed by atoms with Gasteiger partial charge in [0, 0.05) is 37.6 Å². The van der Waals surface area contributed by atoms with Crippen LogP contribution in [0.15, 0.2) is 22.0 Å². The smallest absolute Gasteiger partial charge is 0.275 e. The van der Waals surface area contributed by atoms with Crippen LogP contribution in [0.5, 0.6) is 0 Å². The Balaban J connectivity index is 1.64. The second kappa shape index (κ2) is 7.80. The topological polar surface area (TPSA) is 52.2 Å². The van der Waals surface area contributed by atoms with Crippen LogP contribution in [0, 0.1) is 0 Å². The van der Waals surface area contributed by atoms with E-state index in [2.05, 4.69) is 62.4 Å². The van der Waals surface area contributed by atoms with Crippen molar-refractivity contribution in [2.24, 2.45) is 0 Å². The molecule has 0 radical (unpaired) electrons. The largest absolute Gasteiger partial charge is 0.336 e. The molecule has 7 heteroatoms. The molecule has 1 aliphatic heterocycles. The van der Waals surface area contributed by atoms with Gasteiger partial charge in [0.25, 0.3) is 5.91 Å². The molecular weight excluding hydrogens is 388 g/mol. The molecular formula is C17H23BrN4OS. The molecule has 2 aromatic rings. The van der Waals surface area contributed by atoms with E-state index in [1.807, 2.05) is 4.90 Å². The van der Waals surface area contributed by atoms with Gasteiger partial charge < -0.3 is 4.90 Å². The first-order chi connectivity index (χ1) is 11.6. The highest BCUT2D eigenvalue weighted by Crippen LogP contribution is 2.26. The predicted octanol–water partition coefficient (Wildman–Crippen LogP) is 3.71. The fourth-order valence-electron chi connectivity index (χ4n) is 2.97. The molecule has 0 bridgehead atoms. The zero-order valence-corrected chi connectivity index (χ0v) is 16.5. The molecule has 1 amide bonds. The quantitative estimate of drug-likeness (QED) is 0.835. The Morgan fingerprint density at radius 1 is 1.38 bits per heavy atom. The number of nitrogens with zero attached hydrogens (tertiary/aromatic N) is 3. The normalized spacial score (nSPS) is 16.6. The Morgan fingerprint density at radius 2 is 2.21 bits per heavy atom. The van der Waals surface area contributed by atoms with E-state index in [-0.39, 0.29) is 5.91 Å². The molecule has 0 spiro atoms.